The predicted molar refractivity (Wildman–Crippen MR) is 126 cm³/mol. The number of carbonyl (C=O) groups is 1. The number of nitrogens with one attached hydrogen (secondary N) is 1. The van der Waals surface area contributed by atoms with Crippen LogP contribution in [0, 0.1) is 6.92 Å². The van der Waals surface area contributed by atoms with Crippen molar-refractivity contribution < 1.29 is 14.6 Å². The molecule has 166 valence electrons. The van der Waals surface area contributed by atoms with Gasteiger partial charge in [-0.1, -0.05) is 66.2 Å². The highest BCUT2D eigenvalue weighted by atomic mass is 16.5. The van der Waals surface area contributed by atoms with Gasteiger partial charge in [0.2, 0.25) is 0 Å². The predicted octanol–water partition coefficient (Wildman–Crippen LogP) is 5.23. The molecule has 1 unspecified atom stereocenters. The standard InChI is InChI=1S/C27H25N3O3/c1-3-33-22-15-20(13-14-21(22)31)26-23-24(19-7-5-4-6-8-19)28-29-25(23)27(32)30(26)16-18-11-9-17(2)10-12-18/h4-15,26,31H,3,16H2,1-2H3,(H,28,29). The summed E-state index contributed by atoms with van der Waals surface area (Å²) in [5.74, 6) is 0.373. The number of benzene rings is 3. The summed E-state index contributed by atoms with van der Waals surface area (Å²) in [6.07, 6.45) is 0. The summed E-state index contributed by atoms with van der Waals surface area (Å²) in [7, 11) is 0. The number of aromatic amines is 1. The number of phenolic OH excluding ortho intramolecular Hbond substituents is 1. The molecule has 0 aliphatic carbocycles. The van der Waals surface area contributed by atoms with Crippen LogP contribution < -0.4 is 4.74 Å². The van der Waals surface area contributed by atoms with E-state index in [1.54, 1.807) is 6.07 Å². The first-order valence-corrected chi connectivity index (χ1v) is 11.0. The first kappa shape index (κ1) is 20.8. The fraction of sp³-hybridized carbons (Fsp3) is 0.185. The Hall–Kier alpha value is -4.06. The third-order valence-corrected chi connectivity index (χ3v) is 5.98. The van der Waals surface area contributed by atoms with Crippen LogP contribution in [0.4, 0.5) is 0 Å². The Balaban J connectivity index is 1.65. The van der Waals surface area contributed by atoms with E-state index in [1.807, 2.05) is 73.3 Å². The lowest BCUT2D eigenvalue weighted by atomic mass is 9.95. The molecule has 5 rings (SSSR count). The number of aromatic hydroxyl groups is 1. The summed E-state index contributed by atoms with van der Waals surface area (Å²) in [4.78, 5) is 15.4. The monoisotopic (exact) mass is 439 g/mol. The van der Waals surface area contributed by atoms with Gasteiger partial charge in [0.1, 0.15) is 5.69 Å². The molecule has 4 aromatic rings. The second-order valence-corrected chi connectivity index (χ2v) is 8.21. The average molecular weight is 440 g/mol. The van der Waals surface area contributed by atoms with E-state index in [2.05, 4.69) is 22.3 Å². The van der Waals surface area contributed by atoms with Gasteiger partial charge in [-0.15, -0.1) is 0 Å². The van der Waals surface area contributed by atoms with E-state index in [0.717, 1.165) is 27.9 Å². The molecule has 1 aliphatic rings. The smallest absolute Gasteiger partial charge is 0.273 e. The highest BCUT2D eigenvalue weighted by Gasteiger charge is 2.42. The van der Waals surface area contributed by atoms with Gasteiger partial charge in [0.25, 0.3) is 5.91 Å². The number of phenols is 1. The van der Waals surface area contributed by atoms with Gasteiger partial charge in [0, 0.05) is 17.7 Å². The van der Waals surface area contributed by atoms with Gasteiger partial charge in [-0.3, -0.25) is 9.89 Å². The van der Waals surface area contributed by atoms with Crippen molar-refractivity contribution >= 4 is 5.91 Å². The maximum atomic E-state index is 13.5. The van der Waals surface area contributed by atoms with Gasteiger partial charge >= 0.3 is 0 Å². The minimum absolute atomic E-state index is 0.0747. The SMILES string of the molecule is CCOc1cc(C2c3c(-c4ccccc4)n[nH]c3C(=O)N2Cc2ccc(C)cc2)ccc1O. The summed E-state index contributed by atoms with van der Waals surface area (Å²) < 4.78 is 5.64. The zero-order valence-electron chi connectivity index (χ0n) is 18.6. The molecular formula is C27H25N3O3. The van der Waals surface area contributed by atoms with Crippen molar-refractivity contribution in [3.05, 3.63) is 101 Å². The molecule has 1 amide bonds. The Kier molecular flexibility index (Phi) is 5.34. The van der Waals surface area contributed by atoms with Crippen LogP contribution in [-0.2, 0) is 6.54 Å². The second kappa shape index (κ2) is 8.47. The molecular weight excluding hydrogens is 414 g/mol. The first-order valence-electron chi connectivity index (χ1n) is 11.0. The Morgan fingerprint density at radius 3 is 2.55 bits per heavy atom. The minimum atomic E-state index is -0.373. The van der Waals surface area contributed by atoms with Crippen molar-refractivity contribution in [3.63, 3.8) is 0 Å². The third kappa shape index (κ3) is 3.74. The number of nitrogens with zero attached hydrogens (tertiary/aromatic N) is 2. The quantitative estimate of drug-likeness (QED) is 0.431. The van der Waals surface area contributed by atoms with Crippen LogP contribution in [0.3, 0.4) is 0 Å². The van der Waals surface area contributed by atoms with Crippen LogP contribution >= 0.6 is 0 Å². The van der Waals surface area contributed by atoms with Gasteiger partial charge in [-0.2, -0.15) is 5.10 Å². The van der Waals surface area contributed by atoms with Gasteiger partial charge in [-0.25, -0.2) is 0 Å². The number of carbonyl (C=O) groups excluding carboxylic acids is 1. The fourth-order valence-corrected chi connectivity index (χ4v) is 4.38. The Bertz CT molecular complexity index is 1300. The summed E-state index contributed by atoms with van der Waals surface area (Å²) in [5.41, 5.74) is 6.10. The normalized spacial score (nSPS) is 15.0. The van der Waals surface area contributed by atoms with Crippen LogP contribution in [-0.4, -0.2) is 32.7 Å². The maximum Gasteiger partial charge on any atom is 0.273 e. The lowest BCUT2D eigenvalue weighted by molar-refractivity contribution is 0.0730. The minimum Gasteiger partial charge on any atom is -0.504 e. The molecule has 2 N–H and O–H groups in total. The van der Waals surface area contributed by atoms with Crippen LogP contribution in [0.25, 0.3) is 11.3 Å². The Morgan fingerprint density at radius 1 is 1.06 bits per heavy atom. The fourth-order valence-electron chi connectivity index (χ4n) is 4.38. The zero-order chi connectivity index (χ0) is 22.9. The number of ether oxygens (including phenoxy) is 1. The molecule has 2 heterocycles. The van der Waals surface area contributed by atoms with Gasteiger partial charge in [0.15, 0.2) is 11.5 Å². The van der Waals surface area contributed by atoms with E-state index >= 15 is 0 Å². The number of aryl methyl sites for hydroxylation is 1. The average Bonchev–Trinajstić information content (AvgIpc) is 3.37. The summed E-state index contributed by atoms with van der Waals surface area (Å²) >= 11 is 0. The molecule has 0 fully saturated rings. The van der Waals surface area contributed by atoms with Crippen molar-refractivity contribution in [1.29, 1.82) is 0 Å². The third-order valence-electron chi connectivity index (χ3n) is 5.98. The number of hydrogen-bond donors (Lipinski definition) is 2. The second-order valence-electron chi connectivity index (χ2n) is 8.21. The van der Waals surface area contributed by atoms with Crippen molar-refractivity contribution in [2.24, 2.45) is 0 Å². The number of hydrogen-bond acceptors (Lipinski definition) is 4. The molecule has 6 heteroatoms. The molecule has 1 atom stereocenters. The summed E-state index contributed by atoms with van der Waals surface area (Å²) in [6, 6.07) is 22.9. The zero-order valence-corrected chi connectivity index (χ0v) is 18.6. The van der Waals surface area contributed by atoms with Crippen molar-refractivity contribution in [2.75, 3.05) is 6.61 Å². The Labute approximate surface area is 192 Å². The highest BCUT2D eigenvalue weighted by molar-refractivity contribution is 6.00. The molecule has 0 saturated carbocycles. The molecule has 33 heavy (non-hydrogen) atoms. The van der Waals surface area contributed by atoms with Crippen molar-refractivity contribution in [1.82, 2.24) is 15.1 Å². The van der Waals surface area contributed by atoms with Gasteiger partial charge in [-0.05, 0) is 37.1 Å². The van der Waals surface area contributed by atoms with Crippen molar-refractivity contribution in [2.45, 2.75) is 26.4 Å². The molecule has 6 nitrogen and oxygen atoms in total. The molecule has 0 spiro atoms. The van der Waals surface area contributed by atoms with Crippen LogP contribution in [0.5, 0.6) is 11.5 Å². The number of aromatic nitrogens is 2. The van der Waals surface area contributed by atoms with Gasteiger partial charge < -0.3 is 14.7 Å². The lowest BCUT2D eigenvalue weighted by Crippen LogP contribution is -2.29. The molecule has 0 bridgehead atoms. The molecule has 3 aromatic carbocycles. The van der Waals surface area contributed by atoms with Crippen molar-refractivity contribution in [3.8, 4) is 22.8 Å². The topological polar surface area (TPSA) is 78.5 Å². The number of H-pyrrole nitrogens is 1. The lowest BCUT2D eigenvalue weighted by Gasteiger charge is -2.27. The van der Waals surface area contributed by atoms with E-state index in [4.69, 9.17) is 4.74 Å². The van der Waals surface area contributed by atoms with E-state index in [9.17, 15) is 9.90 Å². The van der Waals surface area contributed by atoms with E-state index in [0.29, 0.717) is 24.6 Å². The molecule has 0 saturated heterocycles. The highest BCUT2D eigenvalue weighted by Crippen LogP contribution is 2.45. The molecule has 1 aromatic heterocycles. The Morgan fingerprint density at radius 2 is 1.82 bits per heavy atom. The molecule has 1 aliphatic heterocycles. The summed E-state index contributed by atoms with van der Waals surface area (Å²) in [6.45, 7) is 4.80. The number of fused-ring (bicyclic) bond motifs is 1. The number of amides is 1. The van der Waals surface area contributed by atoms with Gasteiger partial charge in [0.05, 0.1) is 18.3 Å². The van der Waals surface area contributed by atoms with Crippen LogP contribution in [0.15, 0.2) is 72.8 Å². The number of rotatable bonds is 6. The maximum absolute atomic E-state index is 13.5. The van der Waals surface area contributed by atoms with E-state index < -0.39 is 0 Å². The molecule has 0 radical (unpaired) electrons. The van der Waals surface area contributed by atoms with Crippen LogP contribution in [0.2, 0.25) is 0 Å². The van der Waals surface area contributed by atoms with E-state index in [1.165, 1.54) is 5.56 Å². The largest absolute Gasteiger partial charge is 0.504 e. The van der Waals surface area contributed by atoms with Crippen LogP contribution in [0.1, 0.15) is 45.7 Å². The van der Waals surface area contributed by atoms with E-state index in [-0.39, 0.29) is 17.7 Å². The summed E-state index contributed by atoms with van der Waals surface area (Å²) in [5, 5.41) is 17.8. The first-order chi connectivity index (χ1) is 16.1.